The molecule has 0 aromatic heterocycles. The fourth-order valence-corrected chi connectivity index (χ4v) is 2.42. The highest BCUT2D eigenvalue weighted by molar-refractivity contribution is 5.11. The van der Waals surface area contributed by atoms with E-state index in [1.165, 1.54) is 38.5 Å². The summed E-state index contributed by atoms with van der Waals surface area (Å²) in [7, 11) is 0. The van der Waals surface area contributed by atoms with E-state index in [2.05, 4.69) is 12.2 Å². The van der Waals surface area contributed by atoms with E-state index in [0.717, 1.165) is 0 Å². The molecule has 0 amide bonds. The minimum atomic E-state index is 0.379. The van der Waals surface area contributed by atoms with Crippen molar-refractivity contribution >= 4 is 0 Å². The second kappa shape index (κ2) is 3.67. The third kappa shape index (κ3) is 1.86. The average molecular weight is 194 g/mol. The number of rotatable bonds is 0. The minimum absolute atomic E-state index is 0.379. The first-order valence-electron chi connectivity index (χ1n) is 5.93. The third-order valence-corrected chi connectivity index (χ3v) is 3.44. The lowest BCUT2D eigenvalue weighted by Gasteiger charge is -1.98. The van der Waals surface area contributed by atoms with E-state index in [4.69, 9.17) is 9.47 Å². The van der Waals surface area contributed by atoms with E-state index in [9.17, 15) is 0 Å². The molecule has 0 aromatic rings. The van der Waals surface area contributed by atoms with Crippen LogP contribution in [0.2, 0.25) is 0 Å². The topological polar surface area (TPSA) is 25.1 Å². The normalized spacial score (nSPS) is 46.9. The van der Waals surface area contributed by atoms with Crippen molar-refractivity contribution in [3.63, 3.8) is 0 Å². The standard InChI is InChI=1S/C12H18O2/c1-2-4-6-8-10-12(14-10)11-9(13-11)7-5-3-1/h5,7,9-12H,1-4,6,8H2. The summed E-state index contributed by atoms with van der Waals surface area (Å²) >= 11 is 0. The molecule has 0 spiro atoms. The molecule has 2 nitrogen and oxygen atoms in total. The molecule has 0 saturated carbocycles. The number of ether oxygens (including phenoxy) is 2. The van der Waals surface area contributed by atoms with Gasteiger partial charge in [-0.2, -0.15) is 0 Å². The van der Waals surface area contributed by atoms with Gasteiger partial charge in [0.25, 0.3) is 0 Å². The lowest BCUT2D eigenvalue weighted by Crippen LogP contribution is -2.04. The van der Waals surface area contributed by atoms with E-state index < -0.39 is 0 Å². The Morgan fingerprint density at radius 1 is 0.929 bits per heavy atom. The van der Waals surface area contributed by atoms with Crippen LogP contribution >= 0.6 is 0 Å². The van der Waals surface area contributed by atoms with Crippen LogP contribution in [-0.2, 0) is 9.47 Å². The van der Waals surface area contributed by atoms with Crippen molar-refractivity contribution in [1.29, 1.82) is 0 Å². The van der Waals surface area contributed by atoms with Gasteiger partial charge in [0.1, 0.15) is 18.3 Å². The van der Waals surface area contributed by atoms with E-state index in [1.54, 1.807) is 0 Å². The summed E-state index contributed by atoms with van der Waals surface area (Å²) in [4.78, 5) is 0. The maximum atomic E-state index is 5.63. The molecule has 0 N–H and O–H groups in total. The minimum Gasteiger partial charge on any atom is -0.367 e. The second-order valence-electron chi connectivity index (χ2n) is 4.62. The van der Waals surface area contributed by atoms with E-state index >= 15 is 0 Å². The predicted octanol–water partition coefficient (Wildman–Crippen LogP) is 2.43. The van der Waals surface area contributed by atoms with Crippen LogP contribution in [0.4, 0.5) is 0 Å². The van der Waals surface area contributed by atoms with Gasteiger partial charge < -0.3 is 9.47 Å². The van der Waals surface area contributed by atoms with Crippen LogP contribution in [0.1, 0.15) is 38.5 Å². The summed E-state index contributed by atoms with van der Waals surface area (Å²) in [5.41, 5.74) is 0. The maximum Gasteiger partial charge on any atom is 0.117 e. The van der Waals surface area contributed by atoms with Gasteiger partial charge in [0.15, 0.2) is 0 Å². The Balaban J connectivity index is 1.57. The van der Waals surface area contributed by atoms with Gasteiger partial charge in [-0.1, -0.05) is 31.4 Å². The molecule has 0 bridgehead atoms. The summed E-state index contributed by atoms with van der Waals surface area (Å²) in [5.74, 6) is 0. The molecule has 78 valence electrons. The molecular formula is C12H18O2. The molecule has 2 fully saturated rings. The molecule has 4 unspecified atom stereocenters. The molecule has 0 aromatic carbocycles. The Morgan fingerprint density at radius 2 is 1.86 bits per heavy atom. The van der Waals surface area contributed by atoms with Crippen molar-refractivity contribution in [3.8, 4) is 0 Å². The van der Waals surface area contributed by atoms with Crippen molar-refractivity contribution in [2.45, 2.75) is 62.9 Å². The molecular weight excluding hydrogens is 176 g/mol. The Morgan fingerprint density at radius 3 is 2.86 bits per heavy atom. The fourth-order valence-electron chi connectivity index (χ4n) is 2.42. The van der Waals surface area contributed by atoms with E-state index in [-0.39, 0.29) is 0 Å². The average Bonchev–Trinajstić information content (AvgIpc) is 3.00. The first-order valence-corrected chi connectivity index (χ1v) is 5.93. The zero-order valence-electron chi connectivity index (χ0n) is 8.52. The molecule has 2 aliphatic heterocycles. The summed E-state index contributed by atoms with van der Waals surface area (Å²) < 4.78 is 11.2. The molecule has 0 radical (unpaired) electrons. The van der Waals surface area contributed by atoms with Gasteiger partial charge in [0, 0.05) is 0 Å². The predicted molar refractivity (Wildman–Crippen MR) is 54.2 cm³/mol. The first-order chi connectivity index (χ1) is 6.95. The Bertz CT molecular complexity index is 236. The van der Waals surface area contributed by atoms with Crippen molar-refractivity contribution in [1.82, 2.24) is 0 Å². The second-order valence-corrected chi connectivity index (χ2v) is 4.62. The lowest BCUT2D eigenvalue weighted by atomic mass is 10.0. The van der Waals surface area contributed by atoms with E-state index in [0.29, 0.717) is 24.4 Å². The zero-order chi connectivity index (χ0) is 9.38. The SMILES string of the molecule is C1=CC2OC2C2OC2CCCCCC1. The van der Waals surface area contributed by atoms with Crippen LogP contribution in [0, 0.1) is 0 Å². The highest BCUT2D eigenvalue weighted by atomic mass is 16.7. The van der Waals surface area contributed by atoms with Gasteiger partial charge in [0.05, 0.1) is 6.10 Å². The third-order valence-electron chi connectivity index (χ3n) is 3.44. The molecule has 4 atom stereocenters. The smallest absolute Gasteiger partial charge is 0.117 e. The van der Waals surface area contributed by atoms with Gasteiger partial charge in [-0.3, -0.25) is 0 Å². The summed E-state index contributed by atoms with van der Waals surface area (Å²) in [6, 6.07) is 0. The summed E-state index contributed by atoms with van der Waals surface area (Å²) in [6.07, 6.45) is 14.1. The first kappa shape index (κ1) is 8.93. The highest BCUT2D eigenvalue weighted by Gasteiger charge is 2.55. The van der Waals surface area contributed by atoms with Gasteiger partial charge in [0.2, 0.25) is 0 Å². The van der Waals surface area contributed by atoms with Crippen molar-refractivity contribution in [3.05, 3.63) is 12.2 Å². The largest absolute Gasteiger partial charge is 0.367 e. The van der Waals surface area contributed by atoms with Crippen molar-refractivity contribution in [2.75, 3.05) is 0 Å². The zero-order valence-corrected chi connectivity index (χ0v) is 8.52. The molecule has 2 heterocycles. The van der Waals surface area contributed by atoms with Crippen LogP contribution in [0.15, 0.2) is 12.2 Å². The highest BCUT2D eigenvalue weighted by Crippen LogP contribution is 2.41. The van der Waals surface area contributed by atoms with Gasteiger partial charge >= 0.3 is 0 Å². The van der Waals surface area contributed by atoms with Gasteiger partial charge in [-0.25, -0.2) is 0 Å². The lowest BCUT2D eigenvalue weighted by molar-refractivity contribution is 0.308. The molecule has 3 aliphatic rings. The van der Waals surface area contributed by atoms with Crippen molar-refractivity contribution in [2.24, 2.45) is 0 Å². The Kier molecular flexibility index (Phi) is 2.34. The molecule has 3 rings (SSSR count). The van der Waals surface area contributed by atoms with Crippen LogP contribution in [0.3, 0.4) is 0 Å². The fraction of sp³-hybridized carbons (Fsp3) is 0.833. The number of epoxide rings is 2. The van der Waals surface area contributed by atoms with Gasteiger partial charge in [-0.05, 0) is 19.3 Å². The van der Waals surface area contributed by atoms with Crippen LogP contribution in [0.25, 0.3) is 0 Å². The maximum absolute atomic E-state index is 5.63. The number of allylic oxidation sites excluding steroid dienone is 1. The number of hydrogen-bond donors (Lipinski definition) is 0. The van der Waals surface area contributed by atoms with Crippen LogP contribution in [-0.4, -0.2) is 24.4 Å². The number of fused-ring (bicyclic) bond motifs is 3. The quantitative estimate of drug-likeness (QED) is 0.437. The Labute approximate surface area is 85.3 Å². The Hall–Kier alpha value is -0.340. The molecule has 14 heavy (non-hydrogen) atoms. The number of hydrogen-bond acceptors (Lipinski definition) is 2. The molecule has 2 heteroatoms. The monoisotopic (exact) mass is 194 g/mol. The van der Waals surface area contributed by atoms with E-state index in [1.807, 2.05) is 0 Å². The summed E-state index contributed by atoms with van der Waals surface area (Å²) in [5, 5.41) is 0. The van der Waals surface area contributed by atoms with Gasteiger partial charge in [-0.15, -0.1) is 0 Å². The van der Waals surface area contributed by atoms with Crippen molar-refractivity contribution < 1.29 is 9.47 Å². The van der Waals surface area contributed by atoms with Crippen LogP contribution < -0.4 is 0 Å². The summed E-state index contributed by atoms with van der Waals surface area (Å²) in [6.45, 7) is 0. The van der Waals surface area contributed by atoms with Crippen LogP contribution in [0.5, 0.6) is 0 Å². The molecule has 1 aliphatic carbocycles. The molecule has 2 saturated heterocycles.